The molecule has 0 aliphatic carbocycles. The van der Waals surface area contributed by atoms with Crippen LogP contribution in [0.25, 0.3) is 17.0 Å². The molecule has 2 heterocycles. The fourth-order valence-electron chi connectivity index (χ4n) is 2.85. The van der Waals surface area contributed by atoms with Gasteiger partial charge in [-0.25, -0.2) is 0 Å². The van der Waals surface area contributed by atoms with Crippen molar-refractivity contribution < 1.29 is 9.59 Å². The van der Waals surface area contributed by atoms with E-state index in [-0.39, 0.29) is 11.1 Å². The van der Waals surface area contributed by atoms with Crippen LogP contribution in [0.1, 0.15) is 11.3 Å². The molecule has 1 fully saturated rings. The van der Waals surface area contributed by atoms with Gasteiger partial charge in [0.15, 0.2) is 0 Å². The molecule has 2 amide bonds. The molecule has 1 aromatic heterocycles. The van der Waals surface area contributed by atoms with E-state index in [0.29, 0.717) is 11.4 Å². The molecule has 0 radical (unpaired) electrons. The second-order valence-electron chi connectivity index (χ2n) is 5.55. The molecule has 1 aliphatic rings. The quantitative estimate of drug-likeness (QED) is 0.736. The Balaban J connectivity index is 1.83. The van der Waals surface area contributed by atoms with E-state index in [4.69, 9.17) is 0 Å². The van der Waals surface area contributed by atoms with Crippen LogP contribution in [-0.2, 0) is 11.3 Å². The molecule has 1 N–H and O–H groups in total. The number of carbonyl (C=O) groups is 2. The Morgan fingerprint density at radius 1 is 1.00 bits per heavy atom. The predicted octanol–water partition coefficient (Wildman–Crippen LogP) is 4.01. The van der Waals surface area contributed by atoms with Crippen LogP contribution in [-0.4, -0.2) is 15.7 Å². The fourth-order valence-corrected chi connectivity index (χ4v) is 3.52. The van der Waals surface area contributed by atoms with Crippen molar-refractivity contribution in [3.05, 3.63) is 76.8 Å². The molecular weight excluding hydrogens is 320 g/mol. The zero-order valence-corrected chi connectivity index (χ0v) is 13.5. The van der Waals surface area contributed by atoms with E-state index in [1.54, 1.807) is 6.08 Å². The first kappa shape index (κ1) is 14.8. The maximum Gasteiger partial charge on any atom is 0.290 e. The lowest BCUT2D eigenvalue weighted by molar-refractivity contribution is -0.115. The van der Waals surface area contributed by atoms with Crippen molar-refractivity contribution in [2.75, 3.05) is 0 Å². The van der Waals surface area contributed by atoms with Crippen molar-refractivity contribution in [2.24, 2.45) is 0 Å². The molecule has 0 spiro atoms. The van der Waals surface area contributed by atoms with Crippen molar-refractivity contribution in [1.29, 1.82) is 0 Å². The SMILES string of the molecule is O=C1NC(=O)C(=Cc2cc3ccccc3n2Cc2ccccc2)S1. The van der Waals surface area contributed by atoms with Crippen LogP contribution < -0.4 is 5.32 Å². The number of hydrogen-bond acceptors (Lipinski definition) is 3. The van der Waals surface area contributed by atoms with E-state index in [1.165, 1.54) is 5.56 Å². The second kappa shape index (κ2) is 6.02. The lowest BCUT2D eigenvalue weighted by Gasteiger charge is -2.09. The van der Waals surface area contributed by atoms with Crippen LogP contribution in [0.4, 0.5) is 4.79 Å². The number of fused-ring (bicyclic) bond motifs is 1. The topological polar surface area (TPSA) is 51.1 Å². The number of nitrogens with one attached hydrogen (secondary N) is 1. The van der Waals surface area contributed by atoms with Gasteiger partial charge >= 0.3 is 0 Å². The average molecular weight is 334 g/mol. The summed E-state index contributed by atoms with van der Waals surface area (Å²) in [6.07, 6.45) is 1.79. The second-order valence-corrected chi connectivity index (χ2v) is 6.57. The van der Waals surface area contributed by atoms with E-state index in [9.17, 15) is 9.59 Å². The summed E-state index contributed by atoms with van der Waals surface area (Å²) in [4.78, 5) is 23.7. The molecule has 0 bridgehead atoms. The summed E-state index contributed by atoms with van der Waals surface area (Å²) in [5.41, 5.74) is 3.19. The summed E-state index contributed by atoms with van der Waals surface area (Å²) in [5, 5.41) is 3.08. The van der Waals surface area contributed by atoms with Crippen LogP contribution in [0.3, 0.4) is 0 Å². The zero-order valence-electron chi connectivity index (χ0n) is 12.7. The monoisotopic (exact) mass is 334 g/mol. The van der Waals surface area contributed by atoms with Crippen molar-refractivity contribution >= 4 is 39.9 Å². The summed E-state index contributed by atoms with van der Waals surface area (Å²) >= 11 is 0.942. The van der Waals surface area contributed by atoms with Gasteiger partial charge in [-0.05, 0) is 35.5 Å². The van der Waals surface area contributed by atoms with Crippen molar-refractivity contribution in [3.63, 3.8) is 0 Å². The van der Waals surface area contributed by atoms with E-state index >= 15 is 0 Å². The Hall–Kier alpha value is -2.79. The maximum absolute atomic E-state index is 11.8. The summed E-state index contributed by atoms with van der Waals surface area (Å²) in [7, 11) is 0. The van der Waals surface area contributed by atoms with Gasteiger partial charge in [0.2, 0.25) is 0 Å². The number of rotatable bonds is 3. The number of aromatic nitrogens is 1. The molecule has 0 atom stereocenters. The van der Waals surface area contributed by atoms with Gasteiger partial charge in [-0.2, -0.15) is 0 Å². The molecule has 2 aromatic carbocycles. The number of hydrogen-bond donors (Lipinski definition) is 1. The smallest absolute Gasteiger partial charge is 0.290 e. The molecule has 5 heteroatoms. The van der Waals surface area contributed by atoms with Crippen LogP contribution in [0, 0.1) is 0 Å². The van der Waals surface area contributed by atoms with Gasteiger partial charge in [0, 0.05) is 23.1 Å². The van der Waals surface area contributed by atoms with Crippen molar-refractivity contribution in [1.82, 2.24) is 9.88 Å². The van der Waals surface area contributed by atoms with E-state index in [0.717, 1.165) is 28.4 Å². The number of para-hydroxylation sites is 1. The van der Waals surface area contributed by atoms with Crippen LogP contribution in [0.2, 0.25) is 0 Å². The van der Waals surface area contributed by atoms with E-state index in [2.05, 4.69) is 28.1 Å². The molecule has 24 heavy (non-hydrogen) atoms. The Bertz CT molecular complexity index is 973. The molecule has 1 saturated heterocycles. The minimum atomic E-state index is -0.332. The average Bonchev–Trinajstić information content (AvgIpc) is 3.09. The summed E-state index contributed by atoms with van der Waals surface area (Å²) < 4.78 is 2.16. The highest BCUT2D eigenvalue weighted by molar-refractivity contribution is 8.18. The first-order valence-electron chi connectivity index (χ1n) is 7.58. The third kappa shape index (κ3) is 2.74. The molecule has 3 aromatic rings. The number of benzene rings is 2. The Kier molecular flexibility index (Phi) is 3.70. The molecule has 0 saturated carbocycles. The zero-order chi connectivity index (χ0) is 16.5. The van der Waals surface area contributed by atoms with Crippen LogP contribution in [0.5, 0.6) is 0 Å². The van der Waals surface area contributed by atoms with Crippen molar-refractivity contribution in [3.8, 4) is 0 Å². The van der Waals surface area contributed by atoms with Crippen molar-refractivity contribution in [2.45, 2.75) is 6.54 Å². The minimum Gasteiger partial charge on any atom is -0.336 e. The lowest BCUT2D eigenvalue weighted by atomic mass is 10.2. The predicted molar refractivity (Wildman–Crippen MR) is 96.6 cm³/mol. The summed E-state index contributed by atoms with van der Waals surface area (Å²) in [6, 6.07) is 20.3. The highest BCUT2D eigenvalue weighted by Gasteiger charge is 2.25. The number of thioether (sulfide) groups is 1. The summed E-state index contributed by atoms with van der Waals surface area (Å²) in [5.74, 6) is -0.332. The minimum absolute atomic E-state index is 0.322. The molecule has 0 unspecified atom stereocenters. The van der Waals surface area contributed by atoms with Gasteiger partial charge in [0.1, 0.15) is 0 Å². The number of nitrogens with zero attached hydrogens (tertiary/aromatic N) is 1. The highest BCUT2D eigenvalue weighted by Crippen LogP contribution is 2.29. The summed E-state index contributed by atoms with van der Waals surface area (Å²) in [6.45, 7) is 0.702. The van der Waals surface area contributed by atoms with E-state index < -0.39 is 0 Å². The van der Waals surface area contributed by atoms with Gasteiger partial charge in [-0.15, -0.1) is 0 Å². The van der Waals surface area contributed by atoms with E-state index in [1.807, 2.05) is 42.5 Å². The molecule has 4 nitrogen and oxygen atoms in total. The third-order valence-corrected chi connectivity index (χ3v) is 4.76. The molecular formula is C19H14N2O2S. The number of imide groups is 1. The van der Waals surface area contributed by atoms with Gasteiger partial charge < -0.3 is 4.57 Å². The van der Waals surface area contributed by atoms with Gasteiger partial charge in [-0.3, -0.25) is 14.9 Å². The molecule has 118 valence electrons. The van der Waals surface area contributed by atoms with Crippen LogP contribution >= 0.6 is 11.8 Å². The van der Waals surface area contributed by atoms with Gasteiger partial charge in [0.25, 0.3) is 11.1 Å². The molecule has 1 aliphatic heterocycles. The Morgan fingerprint density at radius 2 is 1.75 bits per heavy atom. The Morgan fingerprint density at radius 3 is 2.50 bits per heavy atom. The maximum atomic E-state index is 11.8. The fraction of sp³-hybridized carbons (Fsp3) is 0.0526. The van der Waals surface area contributed by atoms with Gasteiger partial charge in [0.05, 0.1) is 4.91 Å². The molecule has 4 rings (SSSR count). The highest BCUT2D eigenvalue weighted by atomic mass is 32.2. The normalized spacial score (nSPS) is 16.1. The number of amides is 2. The van der Waals surface area contributed by atoms with Crippen LogP contribution in [0.15, 0.2) is 65.6 Å². The third-order valence-electron chi connectivity index (χ3n) is 3.95. The standard InChI is InChI=1S/C19H14N2O2S/c22-18-17(24-19(23)20-18)11-15-10-14-8-4-5-9-16(14)21(15)12-13-6-2-1-3-7-13/h1-11H,12H2,(H,20,22,23). The Labute approximate surface area is 143 Å². The first-order valence-corrected chi connectivity index (χ1v) is 8.39. The number of carbonyl (C=O) groups excluding carboxylic acids is 2. The van der Waals surface area contributed by atoms with Gasteiger partial charge in [-0.1, -0.05) is 48.5 Å². The lowest BCUT2D eigenvalue weighted by Crippen LogP contribution is -2.17. The largest absolute Gasteiger partial charge is 0.336 e. The first-order chi connectivity index (χ1) is 11.7.